The molecule has 0 radical (unpaired) electrons. The van der Waals surface area contributed by atoms with Gasteiger partial charge in [0.05, 0.1) is 24.9 Å². The van der Waals surface area contributed by atoms with Crippen LogP contribution < -0.4 is 15.0 Å². The van der Waals surface area contributed by atoms with Gasteiger partial charge in [0.25, 0.3) is 5.91 Å². The molecule has 1 saturated heterocycles. The molecule has 11 nitrogen and oxygen atoms in total. The van der Waals surface area contributed by atoms with E-state index in [0.29, 0.717) is 35.6 Å². The smallest absolute Gasteiger partial charge is 0.257 e. The summed E-state index contributed by atoms with van der Waals surface area (Å²) < 4.78 is 39.5. The van der Waals surface area contributed by atoms with Crippen molar-refractivity contribution >= 4 is 11.9 Å². The number of amides is 1. The van der Waals surface area contributed by atoms with Crippen LogP contribution in [-0.2, 0) is 6.42 Å². The molecule has 0 aliphatic carbocycles. The number of nitrogens with zero attached hydrogens (tertiary/aromatic N) is 5. The van der Waals surface area contributed by atoms with E-state index < -0.39 is 35.8 Å². The summed E-state index contributed by atoms with van der Waals surface area (Å²) in [5.74, 6) is -0.909. The number of aliphatic hydroxyl groups is 2. The highest BCUT2D eigenvalue weighted by Crippen LogP contribution is 2.26. The van der Waals surface area contributed by atoms with Gasteiger partial charge in [-0.05, 0) is 38.0 Å². The highest BCUT2D eigenvalue weighted by molar-refractivity contribution is 5.94. The molecule has 1 aliphatic rings. The topological polar surface area (TPSA) is 147 Å². The number of hydrogen-bond donors (Lipinski definition) is 3. The fraction of sp³-hybridized carbons (Fsp3) is 0.519. The van der Waals surface area contributed by atoms with E-state index in [1.54, 1.807) is 12.4 Å². The summed E-state index contributed by atoms with van der Waals surface area (Å²) in [7, 11) is 0. The van der Waals surface area contributed by atoms with E-state index in [-0.39, 0.29) is 18.9 Å². The van der Waals surface area contributed by atoms with E-state index >= 15 is 0 Å². The zero-order chi connectivity index (χ0) is 28.5. The van der Waals surface area contributed by atoms with Crippen LogP contribution in [-0.4, -0.2) is 75.2 Å². The maximum absolute atomic E-state index is 14.4. The Labute approximate surface area is 230 Å². The minimum atomic E-state index is -1.22. The number of rotatable bonds is 13. The van der Waals surface area contributed by atoms with Gasteiger partial charge in [-0.25, -0.2) is 18.7 Å². The summed E-state index contributed by atoms with van der Waals surface area (Å²) in [5.41, 5.74) is -0.0564. The molecule has 1 fully saturated rings. The Balaban J connectivity index is 1.18. The predicted molar refractivity (Wildman–Crippen MR) is 141 cm³/mol. The molecule has 1 aliphatic heterocycles. The number of halogens is 2. The monoisotopic (exact) mass is 560 g/mol. The van der Waals surface area contributed by atoms with Gasteiger partial charge in [-0.2, -0.15) is 4.98 Å². The summed E-state index contributed by atoms with van der Waals surface area (Å²) in [6.07, 6.45) is 7.41. The van der Waals surface area contributed by atoms with Crippen LogP contribution in [0.1, 0.15) is 55.3 Å². The maximum Gasteiger partial charge on any atom is 0.257 e. The first kappa shape index (κ1) is 29.3. The predicted octanol–water partition coefficient (Wildman–Crippen LogP) is 2.92. The Kier molecular flexibility index (Phi) is 10.3. The Morgan fingerprint density at radius 2 is 1.93 bits per heavy atom. The van der Waals surface area contributed by atoms with Crippen LogP contribution in [0, 0.1) is 17.6 Å². The number of ether oxygens (including phenoxy) is 1. The summed E-state index contributed by atoms with van der Waals surface area (Å²) in [4.78, 5) is 27.5. The van der Waals surface area contributed by atoms with Gasteiger partial charge in [-0.3, -0.25) is 4.79 Å². The van der Waals surface area contributed by atoms with Crippen molar-refractivity contribution in [1.29, 1.82) is 0 Å². The number of carbonyl (C=O) groups is 1. The number of piperidine rings is 1. The molecule has 4 rings (SSSR count). The van der Waals surface area contributed by atoms with Crippen LogP contribution >= 0.6 is 0 Å². The van der Waals surface area contributed by atoms with Gasteiger partial charge in [0, 0.05) is 50.6 Å². The lowest BCUT2D eigenvalue weighted by atomic mass is 9.92. The summed E-state index contributed by atoms with van der Waals surface area (Å²) in [6.45, 7) is 3.07. The maximum atomic E-state index is 14.4. The highest BCUT2D eigenvalue weighted by atomic mass is 19.1. The standard InChI is InChI=1S/C27H34F2N6O5/c1-2-4-23-33-25(34-40-23)18-13-31-27(32-14-18)35-8-6-17(7-9-35)5-3-10-39-20-11-21(28)24(22(29)12-20)26(38)30-15-19(37)16-36/h11-14,17,19,36-37H,2-10,15-16H2,1H3,(H,30,38). The second-order valence-electron chi connectivity index (χ2n) is 9.76. The summed E-state index contributed by atoms with van der Waals surface area (Å²) >= 11 is 0. The first-order valence-electron chi connectivity index (χ1n) is 13.5. The number of benzene rings is 1. The lowest BCUT2D eigenvalue weighted by Gasteiger charge is -2.32. The summed E-state index contributed by atoms with van der Waals surface area (Å²) in [6, 6.07) is 1.93. The van der Waals surface area contributed by atoms with Crippen molar-refractivity contribution in [3.05, 3.63) is 47.6 Å². The molecule has 40 heavy (non-hydrogen) atoms. The fourth-order valence-corrected chi connectivity index (χ4v) is 4.48. The molecule has 0 spiro atoms. The average molecular weight is 561 g/mol. The van der Waals surface area contributed by atoms with Crippen molar-refractivity contribution in [2.75, 3.05) is 37.7 Å². The van der Waals surface area contributed by atoms with Crippen molar-refractivity contribution in [3.63, 3.8) is 0 Å². The highest BCUT2D eigenvalue weighted by Gasteiger charge is 2.22. The molecule has 1 atom stereocenters. The minimum absolute atomic E-state index is 0.000217. The van der Waals surface area contributed by atoms with Gasteiger partial charge >= 0.3 is 0 Å². The number of aromatic nitrogens is 4. The third-order valence-electron chi connectivity index (χ3n) is 6.70. The van der Waals surface area contributed by atoms with Crippen molar-refractivity contribution in [3.8, 4) is 17.1 Å². The molecule has 0 saturated carbocycles. The first-order valence-corrected chi connectivity index (χ1v) is 13.5. The van der Waals surface area contributed by atoms with Crippen molar-refractivity contribution in [1.82, 2.24) is 25.4 Å². The molecule has 3 aromatic rings. The molecular formula is C27H34F2N6O5. The van der Waals surface area contributed by atoms with E-state index in [2.05, 4.69) is 30.3 Å². The Morgan fingerprint density at radius 3 is 2.58 bits per heavy atom. The third kappa shape index (κ3) is 7.69. The lowest BCUT2D eigenvalue weighted by molar-refractivity contribution is 0.0796. The number of nitrogens with one attached hydrogen (secondary N) is 1. The first-order chi connectivity index (χ1) is 19.4. The van der Waals surface area contributed by atoms with Crippen LogP contribution in [0.25, 0.3) is 11.4 Å². The van der Waals surface area contributed by atoms with Gasteiger partial charge in [0.15, 0.2) is 0 Å². The number of hydrogen-bond acceptors (Lipinski definition) is 10. The molecule has 13 heteroatoms. The van der Waals surface area contributed by atoms with Crippen LogP contribution in [0.3, 0.4) is 0 Å². The molecule has 2 aromatic heterocycles. The molecule has 0 bridgehead atoms. The minimum Gasteiger partial charge on any atom is -0.493 e. The molecule has 1 amide bonds. The van der Waals surface area contributed by atoms with E-state index in [9.17, 15) is 18.7 Å². The zero-order valence-corrected chi connectivity index (χ0v) is 22.4. The number of anilines is 1. The molecule has 1 unspecified atom stereocenters. The van der Waals surface area contributed by atoms with E-state index in [1.807, 2.05) is 6.92 Å². The quantitative estimate of drug-likeness (QED) is 0.267. The van der Waals surface area contributed by atoms with E-state index in [1.165, 1.54) is 0 Å². The van der Waals surface area contributed by atoms with Crippen LogP contribution in [0.15, 0.2) is 29.0 Å². The second-order valence-corrected chi connectivity index (χ2v) is 9.76. The van der Waals surface area contributed by atoms with Crippen LogP contribution in [0.4, 0.5) is 14.7 Å². The number of aliphatic hydroxyl groups excluding tert-OH is 2. The fourth-order valence-electron chi connectivity index (χ4n) is 4.48. The molecular weight excluding hydrogens is 526 g/mol. The third-order valence-corrected chi connectivity index (χ3v) is 6.70. The molecule has 1 aromatic carbocycles. The molecule has 3 heterocycles. The van der Waals surface area contributed by atoms with Crippen LogP contribution in [0.2, 0.25) is 0 Å². The zero-order valence-electron chi connectivity index (χ0n) is 22.4. The average Bonchev–Trinajstić information content (AvgIpc) is 3.43. The van der Waals surface area contributed by atoms with Gasteiger partial charge in [-0.15, -0.1) is 0 Å². The number of aryl methyl sites for hydroxylation is 1. The van der Waals surface area contributed by atoms with E-state index in [0.717, 1.165) is 57.3 Å². The van der Waals surface area contributed by atoms with Crippen molar-refractivity contribution in [2.45, 2.75) is 51.6 Å². The Bertz CT molecular complexity index is 1230. The van der Waals surface area contributed by atoms with Crippen LogP contribution in [0.5, 0.6) is 5.75 Å². The molecule has 216 valence electrons. The lowest BCUT2D eigenvalue weighted by Crippen LogP contribution is -2.35. The van der Waals surface area contributed by atoms with Crippen molar-refractivity contribution < 1.29 is 33.0 Å². The normalized spacial score (nSPS) is 14.8. The Morgan fingerprint density at radius 1 is 1.23 bits per heavy atom. The van der Waals surface area contributed by atoms with Gasteiger partial charge in [0.2, 0.25) is 17.7 Å². The van der Waals surface area contributed by atoms with Gasteiger partial charge in [-0.1, -0.05) is 12.1 Å². The van der Waals surface area contributed by atoms with Gasteiger partial charge in [0.1, 0.15) is 22.9 Å². The second kappa shape index (κ2) is 14.1. The Hall–Kier alpha value is -3.71. The SMILES string of the molecule is CCCc1nc(-c2cnc(N3CCC(CCCOc4cc(F)c(C(=O)NCC(O)CO)c(F)c4)CC3)nc2)no1. The molecule has 3 N–H and O–H groups in total. The summed E-state index contributed by atoms with van der Waals surface area (Å²) in [5, 5.41) is 24.2. The number of carbonyl (C=O) groups excluding carboxylic acids is 1. The van der Waals surface area contributed by atoms with Gasteiger partial charge < -0.3 is 29.7 Å². The largest absolute Gasteiger partial charge is 0.493 e. The van der Waals surface area contributed by atoms with Crippen molar-refractivity contribution in [2.24, 2.45) is 5.92 Å². The van der Waals surface area contributed by atoms with E-state index in [4.69, 9.17) is 14.4 Å².